The summed E-state index contributed by atoms with van der Waals surface area (Å²) in [6.45, 7) is 4.01. The average molecular weight is 386 g/mol. The van der Waals surface area contributed by atoms with Crippen molar-refractivity contribution in [3.63, 3.8) is 0 Å². The Balaban J connectivity index is 1.97. The summed E-state index contributed by atoms with van der Waals surface area (Å²) in [5.41, 5.74) is 2.89. The Morgan fingerprint density at radius 1 is 1.33 bits per heavy atom. The molecular weight excluding hydrogens is 364 g/mol. The lowest BCUT2D eigenvalue weighted by molar-refractivity contribution is -0.139. The molecule has 3 rings (SSSR count). The van der Waals surface area contributed by atoms with Gasteiger partial charge >= 0.3 is 12.0 Å². The van der Waals surface area contributed by atoms with E-state index in [0.717, 1.165) is 16.3 Å². The molecule has 1 aromatic heterocycles. The molecule has 1 aromatic carbocycles. The fraction of sp³-hybridized carbons (Fsp3) is 0.316. The van der Waals surface area contributed by atoms with Crippen molar-refractivity contribution in [1.29, 1.82) is 0 Å². The summed E-state index contributed by atoms with van der Waals surface area (Å²) in [5, 5.41) is 6.40. The van der Waals surface area contributed by atoms with Crippen LogP contribution in [0.1, 0.15) is 24.1 Å². The fourth-order valence-corrected chi connectivity index (χ4v) is 3.72. The van der Waals surface area contributed by atoms with Crippen LogP contribution in [0.3, 0.4) is 0 Å². The number of thioether (sulfide) groups is 1. The Kier molecular flexibility index (Phi) is 5.85. The van der Waals surface area contributed by atoms with Crippen LogP contribution < -0.4 is 10.6 Å². The fourth-order valence-electron chi connectivity index (χ4n) is 2.82. The number of benzene rings is 1. The van der Waals surface area contributed by atoms with Gasteiger partial charge in [-0.3, -0.25) is 0 Å². The molecule has 0 saturated carbocycles. The Morgan fingerprint density at radius 2 is 2.07 bits per heavy atom. The lowest BCUT2D eigenvalue weighted by Gasteiger charge is -2.29. The minimum Gasteiger partial charge on any atom is -0.463 e. The van der Waals surface area contributed by atoms with Gasteiger partial charge in [0.2, 0.25) is 0 Å². The van der Waals surface area contributed by atoms with Crippen molar-refractivity contribution >= 4 is 23.8 Å². The second kappa shape index (κ2) is 8.30. The van der Waals surface area contributed by atoms with Gasteiger partial charge in [-0.15, -0.1) is 0 Å². The summed E-state index contributed by atoms with van der Waals surface area (Å²) >= 11 is 1.44. The highest BCUT2D eigenvalue weighted by Crippen LogP contribution is 2.30. The summed E-state index contributed by atoms with van der Waals surface area (Å²) in [6.07, 6.45) is 3.55. The molecule has 2 amide bonds. The van der Waals surface area contributed by atoms with Gasteiger partial charge < -0.3 is 19.9 Å². The number of ether oxygens (including phenoxy) is 1. The number of aromatic nitrogens is 2. The van der Waals surface area contributed by atoms with E-state index in [1.165, 1.54) is 11.8 Å². The normalized spacial score (nSPS) is 16.7. The van der Waals surface area contributed by atoms with Crippen LogP contribution in [0, 0.1) is 6.92 Å². The number of esters is 1. The first-order chi connectivity index (χ1) is 13.0. The van der Waals surface area contributed by atoms with E-state index in [1.54, 1.807) is 13.1 Å². The van der Waals surface area contributed by atoms with Crippen LogP contribution in [0.5, 0.6) is 0 Å². The van der Waals surface area contributed by atoms with E-state index in [0.29, 0.717) is 17.0 Å². The molecule has 0 radical (unpaired) electrons. The van der Waals surface area contributed by atoms with E-state index < -0.39 is 12.0 Å². The van der Waals surface area contributed by atoms with E-state index in [4.69, 9.17) is 4.74 Å². The van der Waals surface area contributed by atoms with Crippen LogP contribution >= 0.6 is 11.8 Å². The van der Waals surface area contributed by atoms with Crippen LogP contribution in [-0.4, -0.2) is 33.9 Å². The topological polar surface area (TPSA) is 85.2 Å². The number of rotatable bonds is 6. The first kappa shape index (κ1) is 19.0. The van der Waals surface area contributed by atoms with Gasteiger partial charge in [-0.2, -0.15) is 0 Å². The van der Waals surface area contributed by atoms with Gasteiger partial charge in [0.15, 0.2) is 5.16 Å². The van der Waals surface area contributed by atoms with Crippen molar-refractivity contribution in [3.05, 3.63) is 59.1 Å². The van der Waals surface area contributed by atoms with E-state index in [9.17, 15) is 9.59 Å². The van der Waals surface area contributed by atoms with Crippen LogP contribution in [-0.2, 0) is 16.6 Å². The molecule has 7 nitrogen and oxygen atoms in total. The number of hydrogen-bond donors (Lipinski definition) is 2. The number of imidazole rings is 1. The highest BCUT2D eigenvalue weighted by atomic mass is 32.2. The average Bonchev–Trinajstić information content (AvgIpc) is 3.05. The molecule has 8 heteroatoms. The first-order valence-electron chi connectivity index (χ1n) is 8.64. The molecule has 142 valence electrons. The molecule has 0 aliphatic carbocycles. The number of urea groups is 1. The number of carbonyl (C=O) groups excluding carboxylic acids is 2. The lowest BCUT2D eigenvalue weighted by Crippen LogP contribution is -2.46. The van der Waals surface area contributed by atoms with Gasteiger partial charge in [-0.25, -0.2) is 14.6 Å². The van der Waals surface area contributed by atoms with Crippen LogP contribution in [0.15, 0.2) is 53.1 Å². The minimum atomic E-state index is -0.560. The van der Waals surface area contributed by atoms with Crippen LogP contribution in [0.25, 0.3) is 0 Å². The Hall–Kier alpha value is -2.74. The molecule has 1 unspecified atom stereocenters. The molecule has 27 heavy (non-hydrogen) atoms. The predicted octanol–water partition coefficient (Wildman–Crippen LogP) is 2.69. The van der Waals surface area contributed by atoms with E-state index in [2.05, 4.69) is 15.6 Å². The third-order valence-corrected chi connectivity index (χ3v) is 5.27. The quantitative estimate of drug-likeness (QED) is 0.589. The second-order valence-corrected chi connectivity index (χ2v) is 7.11. The van der Waals surface area contributed by atoms with Crippen molar-refractivity contribution in [2.75, 3.05) is 12.4 Å². The molecule has 0 bridgehead atoms. The molecule has 0 saturated heterocycles. The number of aryl methyl sites for hydroxylation is 2. The van der Waals surface area contributed by atoms with Gasteiger partial charge in [-0.1, -0.05) is 41.6 Å². The Bertz CT molecular complexity index is 873. The monoisotopic (exact) mass is 386 g/mol. The summed E-state index contributed by atoms with van der Waals surface area (Å²) < 4.78 is 7.15. The van der Waals surface area contributed by atoms with E-state index >= 15 is 0 Å². The molecule has 1 aliphatic rings. The molecule has 1 aliphatic heterocycles. The molecule has 1 atom stereocenters. The zero-order valence-corrected chi connectivity index (χ0v) is 16.3. The van der Waals surface area contributed by atoms with Gasteiger partial charge in [0.1, 0.15) is 0 Å². The highest BCUT2D eigenvalue weighted by molar-refractivity contribution is 7.99. The molecule has 2 aromatic rings. The maximum absolute atomic E-state index is 12.7. The number of nitrogens with zero attached hydrogens (tertiary/aromatic N) is 2. The van der Waals surface area contributed by atoms with Crippen molar-refractivity contribution in [2.45, 2.75) is 25.0 Å². The standard InChI is InChI=1S/C19H22N4O3S/c1-4-26-17(24)15-14(11-27-19-20-9-10-23(19)3)21-18(25)22-16(15)13-7-5-12(2)6-8-13/h5-10,16H,4,11H2,1-3H3,(H2,21,22,25). The number of carbonyl (C=O) groups is 2. The van der Waals surface area contributed by atoms with Gasteiger partial charge in [0.25, 0.3) is 0 Å². The lowest BCUT2D eigenvalue weighted by atomic mass is 9.95. The van der Waals surface area contributed by atoms with E-state index in [-0.39, 0.29) is 12.6 Å². The third kappa shape index (κ3) is 4.33. The predicted molar refractivity (Wildman–Crippen MR) is 103 cm³/mol. The number of nitrogens with one attached hydrogen (secondary N) is 2. The Morgan fingerprint density at radius 3 is 2.70 bits per heavy atom. The maximum atomic E-state index is 12.7. The molecule has 0 spiro atoms. The number of hydrogen-bond acceptors (Lipinski definition) is 5. The smallest absolute Gasteiger partial charge is 0.338 e. The first-order valence-corrected chi connectivity index (χ1v) is 9.62. The van der Waals surface area contributed by atoms with Gasteiger partial charge in [0.05, 0.1) is 18.2 Å². The summed E-state index contributed by atoms with van der Waals surface area (Å²) in [4.78, 5) is 29.2. The number of amides is 2. The summed E-state index contributed by atoms with van der Waals surface area (Å²) in [7, 11) is 1.89. The third-order valence-electron chi connectivity index (χ3n) is 4.18. The SMILES string of the molecule is CCOC(=O)C1=C(CSc2nccn2C)NC(=O)NC1c1ccc(C)cc1. The molecular formula is C19H22N4O3S. The molecule has 2 N–H and O–H groups in total. The summed E-state index contributed by atoms with van der Waals surface area (Å²) in [5.74, 6) is -0.0413. The van der Waals surface area contributed by atoms with Crippen LogP contribution in [0.4, 0.5) is 4.79 Å². The van der Waals surface area contributed by atoms with E-state index in [1.807, 2.05) is 49.0 Å². The van der Waals surface area contributed by atoms with Crippen molar-refractivity contribution < 1.29 is 14.3 Å². The zero-order chi connectivity index (χ0) is 19.4. The van der Waals surface area contributed by atoms with Crippen LogP contribution in [0.2, 0.25) is 0 Å². The molecule has 2 heterocycles. The minimum absolute atomic E-state index is 0.261. The second-order valence-electron chi connectivity index (χ2n) is 6.16. The van der Waals surface area contributed by atoms with Crippen molar-refractivity contribution in [2.24, 2.45) is 7.05 Å². The van der Waals surface area contributed by atoms with Crippen molar-refractivity contribution in [3.8, 4) is 0 Å². The molecule has 0 fully saturated rings. The maximum Gasteiger partial charge on any atom is 0.338 e. The Labute approximate surface area is 162 Å². The van der Waals surface area contributed by atoms with Gasteiger partial charge in [-0.05, 0) is 19.4 Å². The zero-order valence-electron chi connectivity index (χ0n) is 15.5. The van der Waals surface area contributed by atoms with Crippen molar-refractivity contribution in [1.82, 2.24) is 20.2 Å². The van der Waals surface area contributed by atoms with Gasteiger partial charge in [0, 0.05) is 30.9 Å². The summed E-state index contributed by atoms with van der Waals surface area (Å²) in [6, 6.07) is 6.82. The highest BCUT2D eigenvalue weighted by Gasteiger charge is 2.33. The largest absolute Gasteiger partial charge is 0.463 e.